The zero-order valence-electron chi connectivity index (χ0n) is 18.1. The highest BCUT2D eigenvalue weighted by atomic mass is 32.2. The summed E-state index contributed by atoms with van der Waals surface area (Å²) in [5.41, 5.74) is 0.606. The molecule has 3 aromatic rings. The summed E-state index contributed by atoms with van der Waals surface area (Å²) in [6, 6.07) is 12.8. The SMILES string of the molecule is CCOc1cc(/C=C(/C#N)C(=O)Nc2nc(S(C)(=O)=O)ns2)ccc1OCc1ccccc1F. The van der Waals surface area contributed by atoms with Crippen molar-refractivity contribution in [1.29, 1.82) is 5.26 Å². The third kappa shape index (κ3) is 6.37. The first-order chi connectivity index (χ1) is 16.2. The average Bonchev–Trinajstić information content (AvgIpc) is 3.27. The van der Waals surface area contributed by atoms with Crippen molar-refractivity contribution in [2.24, 2.45) is 0 Å². The number of aromatic nitrogens is 2. The maximum atomic E-state index is 13.9. The number of carbonyl (C=O) groups is 1. The van der Waals surface area contributed by atoms with Crippen molar-refractivity contribution in [1.82, 2.24) is 9.36 Å². The molecule has 9 nitrogen and oxygen atoms in total. The maximum absolute atomic E-state index is 13.9. The lowest BCUT2D eigenvalue weighted by molar-refractivity contribution is -0.112. The van der Waals surface area contributed by atoms with Crippen LogP contribution in [0.3, 0.4) is 0 Å². The molecule has 176 valence electrons. The molecule has 34 heavy (non-hydrogen) atoms. The number of anilines is 1. The first-order valence-electron chi connectivity index (χ1n) is 9.81. The first kappa shape index (κ1) is 24.8. The van der Waals surface area contributed by atoms with Crippen molar-refractivity contribution in [3.05, 3.63) is 65.0 Å². The van der Waals surface area contributed by atoms with E-state index in [0.29, 0.717) is 40.8 Å². The molecule has 3 rings (SSSR count). The van der Waals surface area contributed by atoms with E-state index in [1.54, 1.807) is 49.4 Å². The van der Waals surface area contributed by atoms with E-state index in [-0.39, 0.29) is 23.1 Å². The van der Waals surface area contributed by atoms with E-state index in [1.807, 2.05) is 0 Å². The zero-order chi connectivity index (χ0) is 24.7. The first-order valence-corrected chi connectivity index (χ1v) is 12.5. The summed E-state index contributed by atoms with van der Waals surface area (Å²) in [5, 5.41) is 11.3. The molecule has 0 saturated heterocycles. The van der Waals surface area contributed by atoms with Gasteiger partial charge in [0.25, 0.3) is 11.1 Å². The van der Waals surface area contributed by atoms with E-state index in [0.717, 1.165) is 6.26 Å². The van der Waals surface area contributed by atoms with E-state index in [4.69, 9.17) is 9.47 Å². The summed E-state index contributed by atoms with van der Waals surface area (Å²) >= 11 is 0.682. The lowest BCUT2D eigenvalue weighted by Crippen LogP contribution is -2.13. The Morgan fingerprint density at radius 1 is 1.24 bits per heavy atom. The van der Waals surface area contributed by atoms with Gasteiger partial charge in [-0.25, -0.2) is 12.8 Å². The molecule has 12 heteroatoms. The maximum Gasteiger partial charge on any atom is 0.268 e. The van der Waals surface area contributed by atoms with Crippen LogP contribution in [0.1, 0.15) is 18.1 Å². The minimum Gasteiger partial charge on any atom is -0.490 e. The summed E-state index contributed by atoms with van der Waals surface area (Å²) in [6.45, 7) is 2.10. The van der Waals surface area contributed by atoms with Crippen LogP contribution in [0.5, 0.6) is 11.5 Å². The van der Waals surface area contributed by atoms with Crippen LogP contribution < -0.4 is 14.8 Å². The third-order valence-electron chi connectivity index (χ3n) is 4.24. The van der Waals surface area contributed by atoms with Gasteiger partial charge in [-0.15, -0.1) is 0 Å². The Morgan fingerprint density at radius 2 is 2.00 bits per heavy atom. The molecule has 2 aromatic carbocycles. The van der Waals surface area contributed by atoms with Gasteiger partial charge in [-0.3, -0.25) is 10.1 Å². The Kier molecular flexibility index (Phi) is 7.93. The fourth-order valence-corrected chi connectivity index (χ4v) is 4.10. The van der Waals surface area contributed by atoms with Gasteiger partial charge in [0.05, 0.1) is 6.61 Å². The molecule has 1 heterocycles. The largest absolute Gasteiger partial charge is 0.490 e. The molecule has 0 bridgehead atoms. The fourth-order valence-electron chi connectivity index (χ4n) is 2.66. The Bertz CT molecular complexity index is 1380. The minimum absolute atomic E-state index is 0.00883. The molecule has 0 spiro atoms. The van der Waals surface area contributed by atoms with Crippen molar-refractivity contribution < 1.29 is 27.1 Å². The van der Waals surface area contributed by atoms with Gasteiger partial charge in [-0.05, 0) is 36.8 Å². The standard InChI is InChI=1S/C22H19FN4O5S2/c1-3-31-19-11-14(8-9-18(19)32-13-15-6-4-5-7-17(15)23)10-16(12-24)20(28)25-21-26-22(27-33-21)34(2,29)30/h4-11H,3,13H2,1-2H3,(H,25,26,27,28)/b16-10-. The lowest BCUT2D eigenvalue weighted by atomic mass is 10.1. The molecule has 1 amide bonds. The number of amides is 1. The van der Waals surface area contributed by atoms with Gasteiger partial charge in [-0.1, -0.05) is 24.3 Å². The topological polar surface area (TPSA) is 131 Å². The number of carbonyl (C=O) groups excluding carboxylic acids is 1. The lowest BCUT2D eigenvalue weighted by Gasteiger charge is -2.13. The van der Waals surface area contributed by atoms with Gasteiger partial charge >= 0.3 is 0 Å². The second-order valence-corrected chi connectivity index (χ2v) is 9.46. The van der Waals surface area contributed by atoms with Crippen LogP contribution in [0, 0.1) is 17.1 Å². The summed E-state index contributed by atoms with van der Waals surface area (Å²) in [4.78, 5) is 16.2. The van der Waals surface area contributed by atoms with Crippen LogP contribution in [-0.4, -0.2) is 36.5 Å². The van der Waals surface area contributed by atoms with Crippen LogP contribution in [0.15, 0.2) is 53.2 Å². The summed E-state index contributed by atoms with van der Waals surface area (Å²) < 4.78 is 51.8. The zero-order valence-corrected chi connectivity index (χ0v) is 19.7. The smallest absolute Gasteiger partial charge is 0.268 e. The molecule has 0 aliphatic heterocycles. The van der Waals surface area contributed by atoms with Crippen molar-refractivity contribution >= 4 is 38.5 Å². The number of ether oxygens (including phenoxy) is 2. The highest BCUT2D eigenvalue weighted by Gasteiger charge is 2.18. The van der Waals surface area contributed by atoms with E-state index < -0.39 is 20.9 Å². The molecule has 0 aliphatic rings. The molecule has 0 aliphatic carbocycles. The van der Waals surface area contributed by atoms with Crippen LogP contribution in [0.2, 0.25) is 0 Å². The van der Waals surface area contributed by atoms with E-state index in [2.05, 4.69) is 14.7 Å². The van der Waals surface area contributed by atoms with Crippen molar-refractivity contribution in [2.45, 2.75) is 18.7 Å². The molecule has 0 unspecified atom stereocenters. The van der Waals surface area contributed by atoms with Crippen LogP contribution in [0.25, 0.3) is 6.08 Å². The van der Waals surface area contributed by atoms with Crippen molar-refractivity contribution in [3.8, 4) is 17.6 Å². The molecule has 1 aromatic heterocycles. The predicted octanol–water partition coefficient (Wildman–Crippen LogP) is 3.60. The molecule has 0 atom stereocenters. The molecule has 1 N–H and O–H groups in total. The van der Waals surface area contributed by atoms with Gasteiger partial charge in [0, 0.05) is 23.4 Å². The number of benzene rings is 2. The number of rotatable bonds is 9. The van der Waals surface area contributed by atoms with Gasteiger partial charge in [0.15, 0.2) is 11.5 Å². The summed E-state index contributed by atoms with van der Waals surface area (Å²) in [5.74, 6) is -0.445. The fraction of sp³-hybridized carbons (Fsp3) is 0.182. The van der Waals surface area contributed by atoms with E-state index in [9.17, 15) is 22.9 Å². The quantitative estimate of drug-likeness (QED) is 0.347. The highest BCUT2D eigenvalue weighted by Crippen LogP contribution is 2.30. The second-order valence-electron chi connectivity index (χ2n) is 6.80. The number of hydrogen-bond acceptors (Lipinski definition) is 9. The number of hydrogen-bond donors (Lipinski definition) is 1. The second kappa shape index (κ2) is 10.9. The van der Waals surface area contributed by atoms with Gasteiger partial charge in [-0.2, -0.15) is 14.6 Å². The van der Waals surface area contributed by atoms with E-state index >= 15 is 0 Å². The number of sulfone groups is 1. The number of nitrogens with one attached hydrogen (secondary N) is 1. The number of halogens is 1. The number of nitrogens with zero attached hydrogens (tertiary/aromatic N) is 3. The molecular formula is C22H19FN4O5S2. The third-order valence-corrected chi connectivity index (χ3v) is 5.84. The molecule has 0 saturated carbocycles. The van der Waals surface area contributed by atoms with Gasteiger partial charge < -0.3 is 9.47 Å². The van der Waals surface area contributed by atoms with Crippen LogP contribution >= 0.6 is 11.5 Å². The monoisotopic (exact) mass is 502 g/mol. The minimum atomic E-state index is -3.62. The van der Waals surface area contributed by atoms with Crippen molar-refractivity contribution in [2.75, 3.05) is 18.2 Å². The van der Waals surface area contributed by atoms with E-state index in [1.165, 1.54) is 12.1 Å². The Hall–Kier alpha value is -3.82. The Balaban J connectivity index is 1.79. The summed E-state index contributed by atoms with van der Waals surface area (Å²) in [7, 11) is -3.62. The van der Waals surface area contributed by atoms with Crippen molar-refractivity contribution in [3.63, 3.8) is 0 Å². The highest BCUT2D eigenvalue weighted by molar-refractivity contribution is 7.90. The Morgan fingerprint density at radius 3 is 2.65 bits per heavy atom. The molecule has 0 radical (unpaired) electrons. The number of nitriles is 1. The molecule has 0 fully saturated rings. The molecular weight excluding hydrogens is 483 g/mol. The Labute approximate surface area is 199 Å². The van der Waals surface area contributed by atoms with Crippen LogP contribution in [-0.2, 0) is 21.2 Å². The normalized spacial score (nSPS) is 11.5. The predicted molar refractivity (Wildman–Crippen MR) is 124 cm³/mol. The van der Waals surface area contributed by atoms with Crippen LogP contribution in [0.4, 0.5) is 9.52 Å². The summed E-state index contributed by atoms with van der Waals surface area (Å²) in [6.07, 6.45) is 2.28. The van der Waals surface area contributed by atoms with Gasteiger partial charge in [0.1, 0.15) is 24.1 Å². The van der Waals surface area contributed by atoms with Gasteiger partial charge in [0.2, 0.25) is 15.0 Å². The average molecular weight is 503 g/mol.